The maximum absolute atomic E-state index is 3.47. The molecule has 0 aromatic heterocycles. The van der Waals surface area contributed by atoms with E-state index in [0.717, 1.165) is 112 Å². The van der Waals surface area contributed by atoms with Crippen LogP contribution in [0.25, 0.3) is 0 Å². The van der Waals surface area contributed by atoms with Crippen molar-refractivity contribution in [3.63, 3.8) is 0 Å². The lowest BCUT2D eigenvalue weighted by Crippen LogP contribution is -3.15. The van der Waals surface area contributed by atoms with E-state index in [9.17, 15) is 0 Å². The second-order valence-corrected chi connectivity index (χ2v) is 52.3. The lowest BCUT2D eigenvalue weighted by atomic mass is 9.73. The molecular weight excluding hydrogens is 1820 g/mol. The van der Waals surface area contributed by atoms with Crippen LogP contribution in [-0.2, 0) is 12.8 Å². The number of likely N-dealkylation sites (tertiary alicyclic amines) is 2. The molecule has 13 aliphatic rings. The van der Waals surface area contributed by atoms with Crippen LogP contribution in [0.2, 0.25) is 0 Å². The van der Waals surface area contributed by atoms with Crippen molar-refractivity contribution in [2.24, 2.45) is 112 Å². The molecule has 880 valence electrons. The van der Waals surface area contributed by atoms with E-state index in [1.165, 1.54) is 429 Å². The van der Waals surface area contributed by atoms with Crippen molar-refractivity contribution in [2.75, 3.05) is 249 Å². The summed E-state index contributed by atoms with van der Waals surface area (Å²) in [5.41, 5.74) is 8.78. The Morgan fingerprint density at radius 3 is 0.799 bits per heavy atom. The highest BCUT2D eigenvalue weighted by Crippen LogP contribution is 2.41. The third-order valence-electron chi connectivity index (χ3n) is 36.8. The van der Waals surface area contributed by atoms with Crippen molar-refractivity contribution >= 4 is 5.69 Å². The predicted molar refractivity (Wildman–Crippen MR) is 671 cm³/mol. The van der Waals surface area contributed by atoms with Gasteiger partial charge < -0.3 is 60.5 Å². The third kappa shape index (κ3) is 62.3. The van der Waals surface area contributed by atoms with Crippen LogP contribution in [0.5, 0.6) is 0 Å². The van der Waals surface area contributed by atoms with Crippen LogP contribution in [0.4, 0.5) is 5.69 Å². The number of anilines is 1. The quantitative estimate of drug-likeness (QED) is 0.0338. The lowest BCUT2D eigenvalue weighted by molar-refractivity contribution is -0.907. The van der Waals surface area contributed by atoms with Gasteiger partial charge in [0.2, 0.25) is 0 Å². The molecule has 3 aromatic carbocycles. The largest absolute Gasteiger partial charge is 0.360 e. The van der Waals surface area contributed by atoms with E-state index in [1.807, 2.05) is 14.7 Å². The van der Waals surface area contributed by atoms with Gasteiger partial charge in [-0.1, -0.05) is 292 Å². The van der Waals surface area contributed by atoms with Crippen LogP contribution in [0.15, 0.2) is 72.8 Å². The Bertz CT molecular complexity index is 3420. The number of quaternary nitrogens is 5. The number of hydrogen-bond donors (Lipinski definition) is 9. The molecule has 0 radical (unpaired) electrons. The number of hydrogen-bond acceptors (Lipinski definition) is 9. The van der Waals surface area contributed by atoms with Crippen molar-refractivity contribution in [2.45, 2.75) is 409 Å². The summed E-state index contributed by atoms with van der Waals surface area (Å²) >= 11 is 0. The second kappa shape index (κ2) is 84.1. The van der Waals surface area contributed by atoms with Crippen molar-refractivity contribution in [3.05, 3.63) is 101 Å². The summed E-state index contributed by atoms with van der Waals surface area (Å²) in [6.45, 7) is 89.6. The van der Waals surface area contributed by atoms with E-state index in [1.54, 1.807) is 16.2 Å². The fourth-order valence-electron chi connectivity index (χ4n) is 25.5. The number of likely N-dealkylation sites (N-methyl/N-ethyl adjacent to an activating group) is 2. The molecular formula is C135H275N14+5. The topological polar surface area (TPSA) is 86.5 Å². The van der Waals surface area contributed by atoms with Gasteiger partial charge in [-0.05, 0) is 399 Å². The van der Waals surface area contributed by atoms with Crippen LogP contribution in [-0.4, -0.2) is 264 Å². The van der Waals surface area contributed by atoms with Crippen LogP contribution >= 0.6 is 0 Å². The zero-order chi connectivity index (χ0) is 101. The highest BCUT2D eigenvalue weighted by atomic mass is 15.3. The van der Waals surface area contributed by atoms with Gasteiger partial charge in [-0.25, -0.2) is 0 Å². The molecule has 3 aromatic rings. The van der Waals surface area contributed by atoms with E-state index in [0.29, 0.717) is 17.8 Å². The average molecular weight is 2090 g/mol. The monoisotopic (exact) mass is 2090 g/mol. The molecule has 0 amide bonds. The molecule has 9 N–H and O–H groups in total. The summed E-state index contributed by atoms with van der Waals surface area (Å²) in [5.74, 6) is 20.4. The molecule has 149 heavy (non-hydrogen) atoms. The molecule has 4 atom stereocenters. The molecule has 0 bridgehead atoms. The van der Waals surface area contributed by atoms with Gasteiger partial charge in [-0.15, -0.1) is 0 Å². The Kier molecular flexibility index (Phi) is 83.5. The molecule has 9 heterocycles. The first-order valence-electron chi connectivity index (χ1n) is 61.0. The lowest BCUT2D eigenvalue weighted by Gasteiger charge is -2.35. The highest BCUT2D eigenvalue weighted by molar-refractivity contribution is 5.48. The summed E-state index contributed by atoms with van der Waals surface area (Å²) in [4.78, 5) is 21.5. The normalized spacial score (nSPS) is 24.1. The van der Waals surface area contributed by atoms with Gasteiger partial charge in [0.1, 0.15) is 0 Å². The molecule has 14 nitrogen and oxygen atoms in total. The fourth-order valence-corrected chi connectivity index (χ4v) is 25.5. The van der Waals surface area contributed by atoms with Gasteiger partial charge in [0.15, 0.2) is 0 Å². The first-order chi connectivity index (χ1) is 67.2. The number of nitrogens with one attached hydrogen (secondary N) is 9. The molecule has 14 heteroatoms. The third-order valence-corrected chi connectivity index (χ3v) is 36.8. The Morgan fingerprint density at radius 2 is 0.483 bits per heavy atom. The minimum Gasteiger partial charge on any atom is -0.360 e. The van der Waals surface area contributed by atoms with E-state index in [2.05, 4.69) is 285 Å². The minimum atomic E-state index is 0. The van der Waals surface area contributed by atoms with Crippen molar-refractivity contribution in [1.82, 2.24) is 40.9 Å². The highest BCUT2D eigenvalue weighted by Gasteiger charge is 2.35. The summed E-state index contributed by atoms with van der Waals surface area (Å²) in [5, 5.41) is 13.7. The zero-order valence-electron chi connectivity index (χ0n) is 97.2. The van der Waals surface area contributed by atoms with Gasteiger partial charge in [0.05, 0.1) is 111 Å². The number of piperidine rings is 4. The van der Waals surface area contributed by atoms with Crippen molar-refractivity contribution in [1.29, 1.82) is 0 Å². The maximum Gasteiger partial charge on any atom is 0.0949 e. The Hall–Kier alpha value is -3.06. The Balaban J connectivity index is 0. The van der Waals surface area contributed by atoms with Crippen LogP contribution in [0, 0.1) is 112 Å². The number of rotatable bonds is 29. The predicted octanol–water partition coefficient (Wildman–Crippen LogP) is 24.2. The number of piperazine rings is 5. The van der Waals surface area contributed by atoms with Gasteiger partial charge in [0.25, 0.3) is 0 Å². The van der Waals surface area contributed by atoms with Gasteiger partial charge in [-0.2, -0.15) is 0 Å². The minimum absolute atomic E-state index is 0. The standard InChI is InChI=1S/C18H30N2.C16H31N.C16H25N.C15H29N.C15H23N.C14H28N2.C13H26N2.C10H22N2.C9H20N2.9CH4/c1-15(2)9-10-19-11-13-20(14-12-19)18-7-5-17(6-8-18)16(3)4;2*1-13(2)16-6-4-14(5-7-16)12-15-8-10-17(3)11-9-15;2*1-12(2)15-5-3-13(4-6-15)11-14-7-9-16-10-8-14;1-12(2)14-5-4-13(10-14)11-16-8-6-15(3)7-9-16;1-11(2)13-4-3-12(9-13)10-15-7-5-14-6-8-15;1-10(2)4-5-12-8-6-11(3)7-9-12;1-9(2)3-6-11-7-4-10-5-8-11;;;;;;;;;/h5-8,15-16H,9-14H2,1-4H3;13-16H,4-12H2,1-3H3;4-7,13,15H,8-12H2,1-3H3;12-16H,3-11H2,1-2H3;3-6,12,14,16H,7-11H2,1-2H3;12-14H,4-11H2,1-3H3;11-14H,3-10H2,1-2H3;10H,4-9H2,1-3H3;9-10H,3-8H2,1-2H3;9*1H4/p+5. The van der Waals surface area contributed by atoms with E-state index in [4.69, 9.17) is 0 Å². The smallest absolute Gasteiger partial charge is 0.0949 e. The SMILES string of the molecule is C.C.C.C.C.C.C.C.C.CC(C)C1CCC(CC2CCN(C)CC2)CC1.CC(C)C1CCC(CC2CCNCC2)CC1.CC(C)C1CCC(C[NH+]2CCN(C)CC2)C1.CC(C)C1CCC(C[NH+]2CCNCC2)C1.CC(C)CC[NH+]1CCN(C)CC1.CC(C)CC[NH+]1CCN(c2ccc(C(C)C)cc2)CC1.CC(C)CC[NH+]1CCNCC1.CC(C)c1ccc(CC2CCN(C)CC2)cc1.CC(C)c1ccc(CC2CCNCC2)cc1. The number of nitrogens with zero attached hydrogens (tertiary/aromatic N) is 5. The Labute approximate surface area is 936 Å². The van der Waals surface area contributed by atoms with E-state index in [-0.39, 0.29) is 66.8 Å². The fraction of sp³-hybridized carbons (Fsp3) is 0.867. The van der Waals surface area contributed by atoms with E-state index < -0.39 is 0 Å². The molecule has 0 spiro atoms. The van der Waals surface area contributed by atoms with E-state index >= 15 is 0 Å². The first kappa shape index (κ1) is 148. The molecule has 4 aliphatic carbocycles. The summed E-state index contributed by atoms with van der Waals surface area (Å²) in [6.07, 6.45) is 42.1. The molecule has 13 fully saturated rings. The van der Waals surface area contributed by atoms with Crippen molar-refractivity contribution < 1.29 is 24.5 Å². The molecule has 16 rings (SSSR count). The summed E-state index contributed by atoms with van der Waals surface area (Å²) in [6, 6.07) is 27.7. The maximum atomic E-state index is 3.47. The summed E-state index contributed by atoms with van der Waals surface area (Å²) < 4.78 is 0. The molecule has 9 aliphatic heterocycles. The first-order valence-corrected chi connectivity index (χ1v) is 61.0. The van der Waals surface area contributed by atoms with Gasteiger partial charge in [0, 0.05) is 69.9 Å². The van der Waals surface area contributed by atoms with Crippen LogP contribution < -0.4 is 50.7 Å². The number of benzene rings is 3. The average Bonchev–Trinajstić information content (AvgIpc) is 1.85. The van der Waals surface area contributed by atoms with Crippen molar-refractivity contribution in [3.8, 4) is 0 Å². The summed E-state index contributed by atoms with van der Waals surface area (Å²) in [7, 11) is 8.97. The van der Waals surface area contributed by atoms with Crippen LogP contribution in [0.3, 0.4) is 0 Å². The van der Waals surface area contributed by atoms with Gasteiger partial charge >= 0.3 is 0 Å². The van der Waals surface area contributed by atoms with Gasteiger partial charge in [-0.3, -0.25) is 9.80 Å². The molecule has 4 unspecified atom stereocenters. The molecule has 4 saturated carbocycles. The zero-order valence-corrected chi connectivity index (χ0v) is 97.2. The molecule has 9 saturated heterocycles. The second-order valence-electron chi connectivity index (χ2n) is 52.3. The van der Waals surface area contributed by atoms with Crippen LogP contribution in [0.1, 0.15) is 424 Å². The Morgan fingerprint density at radius 1 is 0.242 bits per heavy atom.